The number of fused-ring (bicyclic) bond motifs is 2. The molecule has 4 nitrogen and oxygen atoms in total. The van der Waals surface area contributed by atoms with Gasteiger partial charge in [-0.25, -0.2) is 0 Å². The molecule has 0 bridgehead atoms. The molecule has 4 aromatic carbocycles. The van der Waals surface area contributed by atoms with Crippen LogP contribution >= 0.6 is 0 Å². The van der Waals surface area contributed by atoms with E-state index in [1.165, 1.54) is 0 Å². The van der Waals surface area contributed by atoms with Crippen molar-refractivity contribution in [2.75, 3.05) is 0 Å². The smallest absolute Gasteiger partial charge is 0.179 e. The number of benzene rings is 4. The van der Waals surface area contributed by atoms with Crippen LogP contribution in [0.5, 0.6) is 0 Å². The van der Waals surface area contributed by atoms with E-state index in [-0.39, 0.29) is 5.09 Å². The summed E-state index contributed by atoms with van der Waals surface area (Å²) in [6.45, 7) is 3.69. The van der Waals surface area contributed by atoms with Crippen molar-refractivity contribution in [3.05, 3.63) is 101 Å². The zero-order chi connectivity index (χ0) is 19.5. The molecule has 0 heterocycles. The van der Waals surface area contributed by atoms with E-state index >= 15 is 0 Å². The molecule has 4 rings (SSSR count). The Bertz CT molecular complexity index is 1040. The van der Waals surface area contributed by atoms with Crippen LogP contribution in [0.2, 0.25) is 0 Å². The van der Waals surface area contributed by atoms with Gasteiger partial charge in [-0.15, -0.1) is 0 Å². The lowest BCUT2D eigenvalue weighted by atomic mass is 10.0. The van der Waals surface area contributed by atoms with E-state index in [9.17, 15) is 4.91 Å². The number of hydrogen-bond donors (Lipinski definition) is 0. The van der Waals surface area contributed by atoms with Crippen molar-refractivity contribution in [1.82, 2.24) is 0 Å². The first kappa shape index (κ1) is 18.0. The Morgan fingerprint density at radius 3 is 1.46 bits per heavy atom. The van der Waals surface area contributed by atoms with E-state index in [0.29, 0.717) is 0 Å². The zero-order valence-electron chi connectivity index (χ0n) is 15.9. The van der Waals surface area contributed by atoms with Crippen molar-refractivity contribution in [2.45, 2.75) is 26.1 Å². The second kappa shape index (κ2) is 7.69. The van der Waals surface area contributed by atoms with E-state index < -0.39 is 12.2 Å². The summed E-state index contributed by atoms with van der Waals surface area (Å²) in [5, 5.41) is 4.58. The van der Waals surface area contributed by atoms with Crippen LogP contribution in [0.25, 0.3) is 21.5 Å². The zero-order valence-corrected chi connectivity index (χ0v) is 15.9. The lowest BCUT2D eigenvalue weighted by Gasteiger charge is -2.12. The van der Waals surface area contributed by atoms with Crippen LogP contribution < -0.4 is 0 Å². The molecular weight excluding hydrogens is 350 g/mol. The van der Waals surface area contributed by atoms with Crippen molar-refractivity contribution in [2.24, 2.45) is 0 Å². The third-order valence-electron chi connectivity index (χ3n) is 5.01. The van der Waals surface area contributed by atoms with Gasteiger partial charge in [0.1, 0.15) is 4.91 Å². The van der Waals surface area contributed by atoms with Crippen LogP contribution in [0.3, 0.4) is 0 Å². The summed E-state index contributed by atoms with van der Waals surface area (Å²) < 4.78 is 0. The number of rotatable bonds is 6. The molecule has 0 spiro atoms. The minimum absolute atomic E-state index is 0.235. The predicted molar refractivity (Wildman–Crippen MR) is 111 cm³/mol. The highest BCUT2D eigenvalue weighted by molar-refractivity contribution is 5.86. The fraction of sp³-hybridized carbons (Fsp3) is 0.167. The van der Waals surface area contributed by atoms with Crippen molar-refractivity contribution < 1.29 is 14.8 Å². The summed E-state index contributed by atoms with van der Waals surface area (Å²) in [6.07, 6.45) is -0.883. The summed E-state index contributed by atoms with van der Waals surface area (Å²) in [5.74, 6) is 0. The lowest BCUT2D eigenvalue weighted by molar-refractivity contribution is -0.994. The van der Waals surface area contributed by atoms with Gasteiger partial charge in [-0.3, -0.25) is 0 Å². The minimum atomic E-state index is -0.441. The molecule has 4 heteroatoms. The molecule has 0 amide bonds. The van der Waals surface area contributed by atoms with Crippen molar-refractivity contribution in [3.63, 3.8) is 0 Å². The Morgan fingerprint density at radius 1 is 0.607 bits per heavy atom. The minimum Gasteiger partial charge on any atom is -0.179 e. The predicted octanol–water partition coefficient (Wildman–Crippen LogP) is 6.46. The standard InChI is InChI=1S/C24H22NO3/c1-17(21-15-7-11-19-9-3-5-13-23(19)21)27-25(26)28-18(2)22-16-8-12-20-10-4-6-14-24(20)22/h3-18H,1-2H3/q+1. The summed E-state index contributed by atoms with van der Waals surface area (Å²) in [6, 6.07) is 28.0. The van der Waals surface area contributed by atoms with Crippen LogP contribution in [0.15, 0.2) is 84.9 Å². The first-order chi connectivity index (χ1) is 13.6. The van der Waals surface area contributed by atoms with Gasteiger partial charge in [0, 0.05) is 11.1 Å². The first-order valence-electron chi connectivity index (χ1n) is 9.39. The second-order valence-corrected chi connectivity index (χ2v) is 6.86. The molecule has 0 aliphatic rings. The highest BCUT2D eigenvalue weighted by Crippen LogP contribution is 2.29. The molecule has 0 saturated carbocycles. The Labute approximate surface area is 163 Å². The Hall–Kier alpha value is -3.40. The van der Waals surface area contributed by atoms with Gasteiger partial charge in [-0.05, 0) is 35.4 Å². The SMILES string of the molecule is CC(O[N+](=O)OC(C)c1cccc2ccccc12)c1cccc2ccccc12. The van der Waals surface area contributed by atoms with E-state index in [1.807, 2.05) is 98.8 Å². The molecule has 2 atom stereocenters. The van der Waals surface area contributed by atoms with Crippen LogP contribution in [-0.4, -0.2) is 5.09 Å². The Balaban J connectivity index is 1.50. The maximum absolute atomic E-state index is 12.4. The van der Waals surface area contributed by atoms with Gasteiger partial charge in [-0.1, -0.05) is 84.9 Å². The summed E-state index contributed by atoms with van der Waals surface area (Å²) in [4.78, 5) is 23.4. The Kier molecular flexibility index (Phi) is 4.94. The van der Waals surface area contributed by atoms with Gasteiger partial charge in [0.2, 0.25) is 12.2 Å². The molecule has 0 radical (unpaired) electrons. The monoisotopic (exact) mass is 372 g/mol. The second-order valence-electron chi connectivity index (χ2n) is 6.86. The molecule has 140 valence electrons. The van der Waals surface area contributed by atoms with Crippen LogP contribution in [0.4, 0.5) is 0 Å². The highest BCUT2D eigenvalue weighted by Gasteiger charge is 2.26. The van der Waals surface area contributed by atoms with E-state index in [4.69, 9.17) is 9.68 Å². The molecule has 0 aliphatic heterocycles. The molecule has 0 N–H and O–H groups in total. The molecular formula is C24H22NO3+. The van der Waals surface area contributed by atoms with Gasteiger partial charge in [0.25, 0.3) is 0 Å². The van der Waals surface area contributed by atoms with Crippen molar-refractivity contribution in [3.8, 4) is 0 Å². The fourth-order valence-corrected chi connectivity index (χ4v) is 3.61. The van der Waals surface area contributed by atoms with E-state index in [2.05, 4.69) is 0 Å². The number of nitrogens with zero attached hydrogens (tertiary/aromatic N) is 1. The van der Waals surface area contributed by atoms with Crippen LogP contribution in [0.1, 0.15) is 37.2 Å². The van der Waals surface area contributed by atoms with Crippen molar-refractivity contribution >= 4 is 21.5 Å². The maximum atomic E-state index is 12.4. The highest BCUT2D eigenvalue weighted by atomic mass is 17.0. The van der Waals surface area contributed by atoms with Gasteiger partial charge >= 0.3 is 5.09 Å². The van der Waals surface area contributed by atoms with E-state index in [0.717, 1.165) is 32.7 Å². The van der Waals surface area contributed by atoms with Gasteiger partial charge < -0.3 is 0 Å². The van der Waals surface area contributed by atoms with Gasteiger partial charge in [-0.2, -0.15) is 9.68 Å². The van der Waals surface area contributed by atoms with Crippen LogP contribution in [0, 0.1) is 4.91 Å². The normalized spacial score (nSPS) is 13.2. The third-order valence-corrected chi connectivity index (χ3v) is 5.01. The van der Waals surface area contributed by atoms with E-state index in [1.54, 1.807) is 0 Å². The molecule has 28 heavy (non-hydrogen) atoms. The molecule has 0 fully saturated rings. The Morgan fingerprint density at radius 2 is 1.00 bits per heavy atom. The van der Waals surface area contributed by atoms with Gasteiger partial charge in [0.05, 0.1) is 0 Å². The number of hydrogen-bond acceptors (Lipinski definition) is 3. The lowest BCUT2D eigenvalue weighted by Crippen LogP contribution is -2.16. The summed E-state index contributed by atoms with van der Waals surface area (Å²) in [7, 11) is 0. The quantitative estimate of drug-likeness (QED) is 0.365. The maximum Gasteiger partial charge on any atom is 0.478 e. The average molecular weight is 372 g/mol. The third kappa shape index (κ3) is 3.54. The van der Waals surface area contributed by atoms with Crippen molar-refractivity contribution in [1.29, 1.82) is 0 Å². The summed E-state index contributed by atoms with van der Waals surface area (Å²) >= 11 is 0. The molecule has 2 unspecified atom stereocenters. The first-order valence-corrected chi connectivity index (χ1v) is 9.39. The molecule has 0 aromatic heterocycles. The average Bonchev–Trinajstić information content (AvgIpc) is 2.72. The fourth-order valence-electron chi connectivity index (χ4n) is 3.61. The molecule has 0 saturated heterocycles. The summed E-state index contributed by atoms with van der Waals surface area (Å²) in [5.41, 5.74) is 1.89. The van der Waals surface area contributed by atoms with Crippen LogP contribution in [-0.2, 0) is 9.68 Å². The molecule has 4 aromatic rings. The van der Waals surface area contributed by atoms with Gasteiger partial charge in [0.15, 0.2) is 0 Å². The molecule has 0 aliphatic carbocycles. The topological polar surface area (TPSA) is 38.5 Å². The largest absolute Gasteiger partial charge is 0.478 e.